The maximum Gasteiger partial charge on any atom is 0.187 e. The van der Waals surface area contributed by atoms with E-state index in [1.54, 1.807) is 36.7 Å². The van der Waals surface area contributed by atoms with Crippen LogP contribution in [0, 0.1) is 11.6 Å². The number of hydrogen-bond acceptors (Lipinski definition) is 5. The van der Waals surface area contributed by atoms with Gasteiger partial charge < -0.3 is 0 Å². The van der Waals surface area contributed by atoms with Gasteiger partial charge in [-0.1, -0.05) is 23.9 Å². The second-order valence-corrected chi connectivity index (χ2v) is 7.56. The van der Waals surface area contributed by atoms with E-state index >= 15 is 0 Å². The Labute approximate surface area is 180 Å². The molecule has 3 aromatic heterocycles. The Morgan fingerprint density at radius 1 is 0.806 bits per heavy atom. The number of aromatic amines is 1. The first-order valence-electron chi connectivity index (χ1n) is 9.40. The molecule has 0 spiro atoms. The fourth-order valence-corrected chi connectivity index (χ4v) is 3.89. The van der Waals surface area contributed by atoms with Crippen molar-refractivity contribution in [2.24, 2.45) is 0 Å². The molecule has 8 heteroatoms. The summed E-state index contributed by atoms with van der Waals surface area (Å²) in [7, 11) is 0. The van der Waals surface area contributed by atoms with Crippen LogP contribution in [0.4, 0.5) is 8.78 Å². The number of pyridine rings is 1. The zero-order chi connectivity index (χ0) is 21.4. The highest BCUT2D eigenvalue weighted by atomic mass is 32.2. The minimum atomic E-state index is -0.335. The summed E-state index contributed by atoms with van der Waals surface area (Å²) in [5.74, 6) is -0.661. The second kappa shape index (κ2) is 7.88. The highest BCUT2D eigenvalue weighted by Crippen LogP contribution is 2.42. The van der Waals surface area contributed by atoms with Crippen LogP contribution >= 0.6 is 11.8 Å². The van der Waals surface area contributed by atoms with Crippen molar-refractivity contribution in [2.45, 2.75) is 5.16 Å². The van der Waals surface area contributed by atoms with Crippen molar-refractivity contribution in [1.82, 2.24) is 25.1 Å². The summed E-state index contributed by atoms with van der Waals surface area (Å²) in [6.45, 7) is 0. The fourth-order valence-electron chi connectivity index (χ4n) is 3.53. The highest BCUT2D eigenvalue weighted by molar-refractivity contribution is 7.98. The molecule has 3 heterocycles. The number of fused-ring (bicyclic) bond motifs is 1. The summed E-state index contributed by atoms with van der Waals surface area (Å²) in [5, 5.41) is 8.47. The van der Waals surface area contributed by atoms with Crippen molar-refractivity contribution in [3.63, 3.8) is 0 Å². The van der Waals surface area contributed by atoms with E-state index in [-0.39, 0.29) is 11.6 Å². The molecule has 31 heavy (non-hydrogen) atoms. The molecule has 152 valence electrons. The van der Waals surface area contributed by atoms with E-state index in [4.69, 9.17) is 9.97 Å². The number of halogens is 2. The SMILES string of the molecule is CSc1nccc(-c2c(-c3ccc(F)cc3)nc3[nH]ncc3c2-c2ccc(F)cc2)n1. The van der Waals surface area contributed by atoms with Crippen molar-refractivity contribution in [1.29, 1.82) is 0 Å². The smallest absolute Gasteiger partial charge is 0.187 e. The van der Waals surface area contributed by atoms with Crippen LogP contribution in [0.15, 0.2) is 72.1 Å². The van der Waals surface area contributed by atoms with Crippen LogP contribution in [-0.4, -0.2) is 31.4 Å². The van der Waals surface area contributed by atoms with Gasteiger partial charge in [0.05, 0.1) is 17.6 Å². The molecule has 5 aromatic rings. The van der Waals surface area contributed by atoms with Crippen LogP contribution in [0.2, 0.25) is 0 Å². The first-order chi connectivity index (χ1) is 15.1. The van der Waals surface area contributed by atoms with E-state index in [0.717, 1.165) is 27.6 Å². The zero-order valence-electron chi connectivity index (χ0n) is 16.3. The van der Waals surface area contributed by atoms with Gasteiger partial charge in [-0.15, -0.1) is 0 Å². The number of aromatic nitrogens is 5. The van der Waals surface area contributed by atoms with Crippen molar-refractivity contribution in [3.8, 4) is 33.6 Å². The minimum absolute atomic E-state index is 0.326. The van der Waals surface area contributed by atoms with Gasteiger partial charge in [-0.2, -0.15) is 5.10 Å². The first-order valence-corrected chi connectivity index (χ1v) is 10.6. The number of benzene rings is 2. The highest BCUT2D eigenvalue weighted by Gasteiger charge is 2.22. The number of nitrogens with zero attached hydrogens (tertiary/aromatic N) is 4. The average molecular weight is 431 g/mol. The van der Waals surface area contributed by atoms with Crippen LogP contribution in [0.5, 0.6) is 0 Å². The van der Waals surface area contributed by atoms with Crippen molar-refractivity contribution >= 4 is 22.8 Å². The Bertz CT molecular complexity index is 1380. The number of thioether (sulfide) groups is 1. The van der Waals surface area contributed by atoms with Crippen LogP contribution in [0.25, 0.3) is 44.7 Å². The second-order valence-electron chi connectivity index (χ2n) is 6.79. The molecule has 2 aromatic carbocycles. The Morgan fingerprint density at radius 3 is 2.16 bits per heavy atom. The van der Waals surface area contributed by atoms with Crippen LogP contribution in [-0.2, 0) is 0 Å². The molecule has 0 aliphatic heterocycles. The van der Waals surface area contributed by atoms with Gasteiger partial charge in [0.15, 0.2) is 10.8 Å². The van der Waals surface area contributed by atoms with Crippen molar-refractivity contribution in [3.05, 3.63) is 78.6 Å². The first kappa shape index (κ1) is 19.3. The predicted octanol–water partition coefficient (Wildman–Crippen LogP) is 5.75. The molecular formula is C23H15F2N5S. The molecule has 0 bridgehead atoms. The van der Waals surface area contributed by atoms with Gasteiger partial charge in [0.2, 0.25) is 0 Å². The normalized spacial score (nSPS) is 11.2. The summed E-state index contributed by atoms with van der Waals surface area (Å²) in [6, 6.07) is 14.2. The van der Waals surface area contributed by atoms with Gasteiger partial charge in [0.25, 0.3) is 0 Å². The molecule has 0 saturated heterocycles. The third-order valence-corrected chi connectivity index (χ3v) is 5.48. The van der Waals surface area contributed by atoms with Crippen molar-refractivity contribution in [2.75, 3.05) is 6.26 Å². The largest absolute Gasteiger partial charge is 0.261 e. The number of hydrogen-bond donors (Lipinski definition) is 1. The topological polar surface area (TPSA) is 67.3 Å². The zero-order valence-corrected chi connectivity index (χ0v) is 17.1. The summed E-state index contributed by atoms with van der Waals surface area (Å²) < 4.78 is 27.3. The number of rotatable bonds is 4. The Balaban J connectivity index is 1.91. The lowest BCUT2D eigenvalue weighted by Gasteiger charge is -2.16. The van der Waals surface area contributed by atoms with E-state index in [0.29, 0.717) is 22.2 Å². The summed E-state index contributed by atoms with van der Waals surface area (Å²) in [5.41, 5.74) is 4.91. The number of nitrogens with one attached hydrogen (secondary N) is 1. The molecule has 0 amide bonds. The summed E-state index contributed by atoms with van der Waals surface area (Å²) >= 11 is 1.43. The van der Waals surface area contributed by atoms with Gasteiger partial charge in [-0.25, -0.2) is 23.7 Å². The van der Waals surface area contributed by atoms with E-state index in [9.17, 15) is 8.78 Å². The molecule has 5 nitrogen and oxygen atoms in total. The molecule has 1 N–H and O–H groups in total. The van der Waals surface area contributed by atoms with Crippen LogP contribution in [0.1, 0.15) is 0 Å². The van der Waals surface area contributed by atoms with E-state index in [1.165, 1.54) is 36.0 Å². The molecule has 0 atom stereocenters. The third kappa shape index (κ3) is 3.55. The molecule has 5 rings (SSSR count). The lowest BCUT2D eigenvalue weighted by Crippen LogP contribution is -1.98. The predicted molar refractivity (Wildman–Crippen MR) is 117 cm³/mol. The quantitative estimate of drug-likeness (QED) is 0.290. The lowest BCUT2D eigenvalue weighted by atomic mass is 9.91. The average Bonchev–Trinajstić information content (AvgIpc) is 3.27. The van der Waals surface area contributed by atoms with E-state index in [1.807, 2.05) is 12.3 Å². The fraction of sp³-hybridized carbons (Fsp3) is 0.0435. The van der Waals surface area contributed by atoms with Crippen LogP contribution < -0.4 is 0 Å². The molecule has 0 fully saturated rings. The number of H-pyrrole nitrogens is 1. The molecule has 0 aliphatic rings. The van der Waals surface area contributed by atoms with E-state index in [2.05, 4.69) is 15.2 Å². The van der Waals surface area contributed by atoms with Crippen LogP contribution in [0.3, 0.4) is 0 Å². The van der Waals surface area contributed by atoms with Gasteiger partial charge in [-0.3, -0.25) is 5.10 Å². The lowest BCUT2D eigenvalue weighted by molar-refractivity contribution is 0.627. The van der Waals surface area contributed by atoms with Gasteiger partial charge in [-0.05, 0) is 54.3 Å². The standard InChI is InChI=1S/C23H15F2N5S/c1-31-23-26-11-10-18(28-23)20-19(13-2-6-15(24)7-3-13)17-12-27-30-22(17)29-21(20)14-4-8-16(25)9-5-14/h2-12H,1H3,(H,27,29,30). The molecule has 0 unspecified atom stereocenters. The molecule has 0 saturated carbocycles. The Morgan fingerprint density at radius 2 is 1.48 bits per heavy atom. The molecular weight excluding hydrogens is 416 g/mol. The maximum absolute atomic E-state index is 13.7. The maximum atomic E-state index is 13.7. The summed E-state index contributed by atoms with van der Waals surface area (Å²) in [4.78, 5) is 13.8. The molecule has 0 radical (unpaired) electrons. The van der Waals surface area contributed by atoms with Gasteiger partial charge in [0.1, 0.15) is 11.6 Å². The third-order valence-electron chi connectivity index (χ3n) is 4.92. The minimum Gasteiger partial charge on any atom is -0.261 e. The molecule has 0 aliphatic carbocycles. The van der Waals surface area contributed by atoms with Crippen molar-refractivity contribution < 1.29 is 8.78 Å². The Kier molecular flexibility index (Phi) is 4.91. The Hall–Kier alpha value is -3.65. The summed E-state index contributed by atoms with van der Waals surface area (Å²) in [6.07, 6.45) is 5.28. The van der Waals surface area contributed by atoms with Gasteiger partial charge >= 0.3 is 0 Å². The van der Waals surface area contributed by atoms with E-state index < -0.39 is 0 Å². The van der Waals surface area contributed by atoms with Gasteiger partial charge in [0, 0.05) is 28.3 Å². The monoisotopic (exact) mass is 431 g/mol.